The number of aromatic nitrogens is 3. The number of pyridine rings is 2. The highest BCUT2D eigenvalue weighted by molar-refractivity contribution is 5.97. The van der Waals surface area contributed by atoms with Crippen LogP contribution >= 0.6 is 0 Å². The van der Waals surface area contributed by atoms with Crippen LogP contribution in [0.25, 0.3) is 16.7 Å². The van der Waals surface area contributed by atoms with Crippen molar-refractivity contribution in [2.45, 2.75) is 65.5 Å². The Labute approximate surface area is 169 Å². The summed E-state index contributed by atoms with van der Waals surface area (Å²) in [5.41, 5.74) is 0.577. The predicted octanol–water partition coefficient (Wildman–Crippen LogP) is 3.24. The molecule has 7 heteroatoms. The number of carbonyl (C=O) groups excluding carboxylic acids is 1. The first-order chi connectivity index (χ1) is 13.7. The minimum absolute atomic E-state index is 0.0860. The van der Waals surface area contributed by atoms with Gasteiger partial charge < -0.3 is 9.88 Å². The Balaban J connectivity index is 2.24. The third-order valence-electron chi connectivity index (χ3n) is 4.79. The minimum Gasteiger partial charge on any atom is -0.347 e. The lowest BCUT2D eigenvalue weighted by molar-refractivity contribution is 0.0917. The fourth-order valence-corrected chi connectivity index (χ4v) is 3.38. The summed E-state index contributed by atoms with van der Waals surface area (Å²) < 4.78 is 3.18. The lowest BCUT2D eigenvalue weighted by atomic mass is 10.1. The average Bonchev–Trinajstić information content (AvgIpc) is 2.65. The molecule has 0 fully saturated rings. The van der Waals surface area contributed by atoms with Crippen molar-refractivity contribution in [2.24, 2.45) is 0 Å². The van der Waals surface area contributed by atoms with Gasteiger partial charge in [0.15, 0.2) is 0 Å². The first-order valence-corrected chi connectivity index (χ1v) is 10.1. The second kappa shape index (κ2) is 8.19. The molecule has 3 aromatic heterocycles. The molecule has 0 unspecified atom stereocenters. The molecule has 0 saturated heterocycles. The van der Waals surface area contributed by atoms with Crippen LogP contribution in [0.15, 0.2) is 35.3 Å². The van der Waals surface area contributed by atoms with E-state index in [1.54, 1.807) is 22.9 Å². The maximum Gasteiger partial charge on any atom is 0.267 e. The molecule has 154 valence electrons. The van der Waals surface area contributed by atoms with Crippen LogP contribution < -0.4 is 16.4 Å². The summed E-state index contributed by atoms with van der Waals surface area (Å²) in [6.45, 7) is 8.35. The molecule has 1 amide bonds. The van der Waals surface area contributed by atoms with Gasteiger partial charge in [0.25, 0.3) is 11.5 Å². The molecule has 0 atom stereocenters. The molecular weight excluding hydrogens is 366 g/mol. The Hall–Kier alpha value is -2.96. The minimum atomic E-state index is -0.443. The Morgan fingerprint density at radius 3 is 2.66 bits per heavy atom. The molecular formula is C22H29N5O2. The molecule has 0 bridgehead atoms. The van der Waals surface area contributed by atoms with Crippen molar-refractivity contribution in [3.05, 3.63) is 51.9 Å². The van der Waals surface area contributed by atoms with Gasteiger partial charge in [-0.1, -0.05) is 32.3 Å². The molecule has 0 aliphatic rings. The van der Waals surface area contributed by atoms with Crippen LogP contribution in [0.1, 0.15) is 63.7 Å². The second-order valence-electron chi connectivity index (χ2n) is 8.41. The Morgan fingerprint density at radius 1 is 1.21 bits per heavy atom. The highest BCUT2D eigenvalue weighted by Crippen LogP contribution is 2.13. The number of carbonyl (C=O) groups is 1. The fourth-order valence-electron chi connectivity index (χ4n) is 3.38. The van der Waals surface area contributed by atoms with Gasteiger partial charge in [0, 0.05) is 18.3 Å². The smallest absolute Gasteiger partial charge is 0.267 e. The van der Waals surface area contributed by atoms with Crippen LogP contribution in [-0.4, -0.2) is 25.4 Å². The summed E-state index contributed by atoms with van der Waals surface area (Å²) in [7, 11) is 0. The molecule has 0 aromatic carbocycles. The lowest BCUT2D eigenvalue weighted by Crippen LogP contribution is -2.43. The van der Waals surface area contributed by atoms with E-state index in [1.807, 2.05) is 26.8 Å². The molecule has 3 aromatic rings. The number of rotatable bonds is 6. The summed E-state index contributed by atoms with van der Waals surface area (Å²) in [5, 5.41) is 11.9. The molecule has 29 heavy (non-hydrogen) atoms. The standard InChI is InChI=1S/C22H29N5O2/c1-5-6-7-9-13-27-18(23)15(20(28)25-22(2,3)4)14-16-19(27)24-17-11-8-10-12-26(17)21(16)29/h8,10-12,14,23H,5-7,9,13H2,1-4H3,(H,25,28). The first-order valence-electron chi connectivity index (χ1n) is 10.1. The zero-order valence-corrected chi connectivity index (χ0v) is 17.6. The van der Waals surface area contributed by atoms with Crippen LogP contribution in [0.2, 0.25) is 0 Å². The van der Waals surface area contributed by atoms with Crippen molar-refractivity contribution < 1.29 is 4.79 Å². The summed E-state index contributed by atoms with van der Waals surface area (Å²) in [6.07, 6.45) is 5.76. The van der Waals surface area contributed by atoms with Gasteiger partial charge in [0.05, 0.1) is 10.9 Å². The van der Waals surface area contributed by atoms with E-state index in [2.05, 4.69) is 17.2 Å². The van der Waals surface area contributed by atoms with Crippen molar-refractivity contribution in [1.82, 2.24) is 19.3 Å². The van der Waals surface area contributed by atoms with Gasteiger partial charge in [0.1, 0.15) is 16.8 Å². The highest BCUT2D eigenvalue weighted by Gasteiger charge is 2.20. The summed E-state index contributed by atoms with van der Waals surface area (Å²) in [5.74, 6) is -0.357. The second-order valence-corrected chi connectivity index (χ2v) is 8.41. The molecule has 0 aliphatic carbocycles. The molecule has 3 heterocycles. The molecule has 2 N–H and O–H groups in total. The van der Waals surface area contributed by atoms with Gasteiger partial charge in [-0.25, -0.2) is 4.98 Å². The number of fused-ring (bicyclic) bond motifs is 2. The monoisotopic (exact) mass is 395 g/mol. The maximum atomic E-state index is 13.1. The van der Waals surface area contributed by atoms with Crippen LogP contribution in [0.5, 0.6) is 0 Å². The van der Waals surface area contributed by atoms with Gasteiger partial charge in [-0.05, 0) is 45.4 Å². The largest absolute Gasteiger partial charge is 0.347 e. The summed E-state index contributed by atoms with van der Waals surface area (Å²) in [6, 6.07) is 6.88. The van der Waals surface area contributed by atoms with E-state index in [9.17, 15) is 9.59 Å². The number of nitrogens with zero attached hydrogens (tertiary/aromatic N) is 3. The van der Waals surface area contributed by atoms with Crippen molar-refractivity contribution in [3.8, 4) is 0 Å². The van der Waals surface area contributed by atoms with Crippen molar-refractivity contribution in [3.63, 3.8) is 0 Å². The van der Waals surface area contributed by atoms with E-state index in [-0.39, 0.29) is 22.5 Å². The van der Waals surface area contributed by atoms with Crippen molar-refractivity contribution in [1.29, 1.82) is 5.41 Å². The topological polar surface area (TPSA) is 92.2 Å². The number of amides is 1. The van der Waals surface area contributed by atoms with Gasteiger partial charge in [-0.15, -0.1) is 0 Å². The number of aryl methyl sites for hydroxylation is 1. The quantitative estimate of drug-likeness (QED) is 0.496. The highest BCUT2D eigenvalue weighted by atomic mass is 16.2. The molecule has 7 nitrogen and oxygen atoms in total. The maximum absolute atomic E-state index is 13.1. The number of hydrogen-bond donors (Lipinski definition) is 2. The van der Waals surface area contributed by atoms with Crippen LogP contribution in [0.3, 0.4) is 0 Å². The predicted molar refractivity (Wildman–Crippen MR) is 114 cm³/mol. The van der Waals surface area contributed by atoms with E-state index in [0.717, 1.165) is 25.7 Å². The third kappa shape index (κ3) is 4.39. The molecule has 0 radical (unpaired) electrons. The average molecular weight is 396 g/mol. The normalized spacial score (nSPS) is 11.9. The van der Waals surface area contributed by atoms with Gasteiger partial charge >= 0.3 is 0 Å². The zero-order chi connectivity index (χ0) is 21.2. The Morgan fingerprint density at radius 2 is 1.97 bits per heavy atom. The fraction of sp³-hybridized carbons (Fsp3) is 0.455. The van der Waals surface area contributed by atoms with Crippen LogP contribution in [0.4, 0.5) is 0 Å². The zero-order valence-electron chi connectivity index (χ0n) is 17.6. The molecule has 0 saturated carbocycles. The van der Waals surface area contributed by atoms with Gasteiger partial charge in [-0.2, -0.15) is 0 Å². The summed E-state index contributed by atoms with van der Waals surface area (Å²) >= 11 is 0. The van der Waals surface area contributed by atoms with E-state index >= 15 is 0 Å². The van der Waals surface area contributed by atoms with Crippen molar-refractivity contribution >= 4 is 22.6 Å². The molecule has 0 spiro atoms. The third-order valence-corrected chi connectivity index (χ3v) is 4.79. The van der Waals surface area contributed by atoms with Gasteiger partial charge in [0.2, 0.25) is 0 Å². The van der Waals surface area contributed by atoms with E-state index in [1.165, 1.54) is 10.5 Å². The lowest BCUT2D eigenvalue weighted by Gasteiger charge is -2.21. The van der Waals surface area contributed by atoms with Crippen LogP contribution in [0, 0.1) is 5.41 Å². The number of nitrogens with one attached hydrogen (secondary N) is 2. The Bertz CT molecular complexity index is 1170. The first kappa shape index (κ1) is 20.8. The van der Waals surface area contributed by atoms with Crippen LogP contribution in [-0.2, 0) is 6.54 Å². The van der Waals surface area contributed by atoms with E-state index < -0.39 is 5.54 Å². The Kier molecular flexibility index (Phi) is 5.86. The van der Waals surface area contributed by atoms with E-state index in [0.29, 0.717) is 23.2 Å². The van der Waals surface area contributed by atoms with Gasteiger partial charge in [-0.3, -0.25) is 19.4 Å². The SMILES string of the molecule is CCCCCCn1c(=N)c(C(=O)NC(C)(C)C)cc2c(=O)n3ccccc3nc21. The molecule has 0 aliphatic heterocycles. The molecule has 3 rings (SSSR count). The van der Waals surface area contributed by atoms with E-state index in [4.69, 9.17) is 5.41 Å². The van der Waals surface area contributed by atoms with Crippen molar-refractivity contribution in [2.75, 3.05) is 0 Å². The number of unbranched alkanes of at least 4 members (excludes halogenated alkanes) is 3. The summed E-state index contributed by atoms with van der Waals surface area (Å²) in [4.78, 5) is 30.6. The number of hydrogen-bond acceptors (Lipinski definition) is 4.